The highest BCUT2D eigenvalue weighted by Crippen LogP contribution is 2.32. The number of aromatic nitrogens is 5. The average Bonchev–Trinajstić information content (AvgIpc) is 3.37. The molecule has 0 amide bonds. The van der Waals surface area contributed by atoms with Crippen LogP contribution in [0.3, 0.4) is 0 Å². The van der Waals surface area contributed by atoms with E-state index in [-0.39, 0.29) is 22.9 Å². The van der Waals surface area contributed by atoms with Gasteiger partial charge < -0.3 is 14.5 Å². The summed E-state index contributed by atoms with van der Waals surface area (Å²) in [4.78, 5) is 29.3. The van der Waals surface area contributed by atoms with Gasteiger partial charge in [-0.05, 0) is 71.8 Å². The van der Waals surface area contributed by atoms with Gasteiger partial charge in [-0.15, -0.1) is 0 Å². The number of sulfonamides is 2. The van der Waals surface area contributed by atoms with Crippen LogP contribution in [0.2, 0.25) is 0 Å². The summed E-state index contributed by atoms with van der Waals surface area (Å²) in [6, 6.07) is 40.0. The Morgan fingerprint density at radius 3 is 1.85 bits per heavy atom. The summed E-state index contributed by atoms with van der Waals surface area (Å²) in [5.74, 6) is 3.03. The van der Waals surface area contributed by atoms with Crippen LogP contribution in [0.15, 0.2) is 149 Å². The first-order valence-corrected chi connectivity index (χ1v) is 25.7. The van der Waals surface area contributed by atoms with E-state index in [1.165, 1.54) is 0 Å². The van der Waals surface area contributed by atoms with Gasteiger partial charge in [0.1, 0.15) is 11.0 Å². The zero-order valence-corrected chi connectivity index (χ0v) is 38.2. The van der Waals surface area contributed by atoms with Gasteiger partial charge >= 0.3 is 0 Å². The highest BCUT2D eigenvalue weighted by atomic mass is 32.2. The molecule has 0 unspecified atom stereocenters. The number of thioether (sulfide) groups is 1. The number of nitrogens with zero attached hydrogens (tertiary/aromatic N) is 7. The monoisotopic (exact) mass is 935 g/mol. The normalized spacial score (nSPS) is 14.8. The SMILES string of the molecule is O=S(=O)(NCc1cccc(-c2nc(N3CCSCC3)c3nc(-c4cccc(S(=O)(=O)NCc5ccccc5)c4)ccc3n2)c1)c1cccc(-c2ccc3nccc(N4CCOCC4)c3n2)c1. The summed E-state index contributed by atoms with van der Waals surface area (Å²) in [6.07, 6.45) is 1.78. The largest absolute Gasteiger partial charge is 0.378 e. The number of morpholine rings is 1. The number of ether oxygens (including phenoxy) is 1. The maximum Gasteiger partial charge on any atom is 0.240 e. The van der Waals surface area contributed by atoms with Crippen LogP contribution in [0.1, 0.15) is 11.1 Å². The van der Waals surface area contributed by atoms with Crippen molar-refractivity contribution in [2.24, 2.45) is 0 Å². The second kappa shape index (κ2) is 18.9. The molecule has 14 nitrogen and oxygen atoms in total. The van der Waals surface area contributed by atoms with Gasteiger partial charge in [0.15, 0.2) is 11.6 Å². The molecule has 0 spiro atoms. The van der Waals surface area contributed by atoms with Crippen molar-refractivity contribution in [2.75, 3.05) is 60.7 Å². The third kappa shape index (κ3) is 9.49. The Morgan fingerprint density at radius 2 is 1.15 bits per heavy atom. The number of pyridine rings is 3. The Labute approximate surface area is 387 Å². The summed E-state index contributed by atoms with van der Waals surface area (Å²) < 4.78 is 65.4. The molecule has 4 aromatic carbocycles. The lowest BCUT2D eigenvalue weighted by atomic mass is 10.1. The summed E-state index contributed by atoms with van der Waals surface area (Å²) in [5.41, 5.74) is 8.60. The molecule has 17 heteroatoms. The van der Waals surface area contributed by atoms with Crippen LogP contribution >= 0.6 is 11.8 Å². The van der Waals surface area contributed by atoms with Crippen LogP contribution < -0.4 is 19.2 Å². The summed E-state index contributed by atoms with van der Waals surface area (Å²) in [5, 5.41) is 0. The van der Waals surface area contributed by atoms with Gasteiger partial charge in [0, 0.05) is 73.7 Å². The van der Waals surface area contributed by atoms with Gasteiger partial charge in [0.2, 0.25) is 20.0 Å². The van der Waals surface area contributed by atoms with Crippen molar-refractivity contribution < 1.29 is 21.6 Å². The summed E-state index contributed by atoms with van der Waals surface area (Å²) >= 11 is 1.88. The van der Waals surface area contributed by atoms with Crippen LogP contribution in [-0.4, -0.2) is 92.7 Å². The van der Waals surface area contributed by atoms with Crippen molar-refractivity contribution in [3.8, 4) is 33.9 Å². The molecule has 0 radical (unpaired) electrons. The molecular formula is C49H45N9O5S3. The van der Waals surface area contributed by atoms with E-state index in [1.54, 1.807) is 42.6 Å². The van der Waals surface area contributed by atoms with E-state index in [9.17, 15) is 16.8 Å². The van der Waals surface area contributed by atoms with Crippen molar-refractivity contribution in [3.05, 3.63) is 151 Å². The molecule has 4 aromatic heterocycles. The summed E-state index contributed by atoms with van der Waals surface area (Å²) in [6.45, 7) is 4.54. The Hall–Kier alpha value is -6.34. The number of fused-ring (bicyclic) bond motifs is 2. The van der Waals surface area contributed by atoms with E-state index in [0.29, 0.717) is 58.4 Å². The number of rotatable bonds is 13. The molecule has 2 fully saturated rings. The Kier molecular flexibility index (Phi) is 12.5. The van der Waals surface area contributed by atoms with E-state index in [1.807, 2.05) is 109 Å². The van der Waals surface area contributed by atoms with Gasteiger partial charge in [-0.1, -0.05) is 72.8 Å². The second-order valence-corrected chi connectivity index (χ2v) is 20.7. The molecule has 2 aliphatic rings. The standard InChI is InChI=1S/C49H45N9O5S3/c59-65(60,51-32-34-7-2-1-3-8-34)39-13-6-11-37(31-39)42-16-18-44-47(54-42)49(58-23-27-64-28-24-58)56-48(55-44)38-12-4-9-35(29-38)33-52-66(61,62)40-14-5-10-36(30-40)41-15-17-43-46(53-41)45(19-20-50-43)57-21-25-63-26-22-57/h1-20,29-31,51-52H,21-28,32-33H2. The fraction of sp³-hybridized carbons (Fsp3) is 0.204. The maximum absolute atomic E-state index is 13.8. The predicted octanol–water partition coefficient (Wildman–Crippen LogP) is 7.32. The van der Waals surface area contributed by atoms with E-state index in [2.05, 4.69) is 24.2 Å². The molecule has 10 rings (SSSR count). The molecule has 2 N–H and O–H groups in total. The third-order valence-corrected chi connectivity index (χ3v) is 15.3. The molecule has 8 aromatic rings. The molecule has 6 heterocycles. The van der Waals surface area contributed by atoms with Crippen LogP contribution in [0.4, 0.5) is 11.5 Å². The van der Waals surface area contributed by atoms with Crippen molar-refractivity contribution >= 4 is 65.4 Å². The van der Waals surface area contributed by atoms with E-state index in [4.69, 9.17) is 24.7 Å². The lowest BCUT2D eigenvalue weighted by molar-refractivity contribution is 0.123. The Morgan fingerprint density at radius 1 is 0.545 bits per heavy atom. The van der Waals surface area contributed by atoms with Gasteiger partial charge in [-0.2, -0.15) is 11.8 Å². The van der Waals surface area contributed by atoms with Crippen LogP contribution in [-0.2, 0) is 37.9 Å². The predicted molar refractivity (Wildman–Crippen MR) is 260 cm³/mol. The molecule has 0 atom stereocenters. The second-order valence-electron chi connectivity index (χ2n) is 15.9. The lowest BCUT2D eigenvalue weighted by Crippen LogP contribution is -2.36. The number of nitrogens with one attached hydrogen (secondary N) is 2. The molecule has 2 saturated heterocycles. The number of hydrogen-bond donors (Lipinski definition) is 2. The Bertz CT molecular complexity index is 3300. The van der Waals surface area contributed by atoms with Crippen molar-refractivity contribution in [1.82, 2.24) is 34.4 Å². The first kappa shape index (κ1) is 43.5. The fourth-order valence-electron chi connectivity index (χ4n) is 8.10. The van der Waals surface area contributed by atoms with Crippen LogP contribution in [0.5, 0.6) is 0 Å². The zero-order chi connectivity index (χ0) is 45.1. The van der Waals surface area contributed by atoms with Crippen molar-refractivity contribution in [3.63, 3.8) is 0 Å². The molecule has 0 saturated carbocycles. The molecule has 334 valence electrons. The fourth-order valence-corrected chi connectivity index (χ4v) is 11.1. The molecule has 0 bridgehead atoms. The highest BCUT2D eigenvalue weighted by molar-refractivity contribution is 7.99. The van der Waals surface area contributed by atoms with Crippen LogP contribution in [0.25, 0.3) is 56.0 Å². The highest BCUT2D eigenvalue weighted by Gasteiger charge is 2.22. The van der Waals surface area contributed by atoms with E-state index in [0.717, 1.165) is 71.1 Å². The van der Waals surface area contributed by atoms with Crippen molar-refractivity contribution in [1.29, 1.82) is 0 Å². The Balaban J connectivity index is 0.896. The molecule has 0 aliphatic carbocycles. The van der Waals surface area contributed by atoms with Crippen LogP contribution in [0, 0.1) is 0 Å². The lowest BCUT2D eigenvalue weighted by Gasteiger charge is -2.29. The quantitative estimate of drug-likeness (QED) is 0.118. The smallest absolute Gasteiger partial charge is 0.240 e. The number of benzene rings is 4. The third-order valence-electron chi connectivity index (χ3n) is 11.6. The average molecular weight is 936 g/mol. The van der Waals surface area contributed by atoms with Crippen molar-refractivity contribution in [2.45, 2.75) is 22.9 Å². The minimum atomic E-state index is -3.93. The molecule has 66 heavy (non-hydrogen) atoms. The number of hydrogen-bond acceptors (Lipinski definition) is 13. The molecular weight excluding hydrogens is 891 g/mol. The van der Waals surface area contributed by atoms with E-state index < -0.39 is 20.0 Å². The number of anilines is 2. The first-order valence-electron chi connectivity index (χ1n) is 21.6. The van der Waals surface area contributed by atoms with Gasteiger partial charge in [0.25, 0.3) is 0 Å². The van der Waals surface area contributed by atoms with Gasteiger partial charge in [0.05, 0.1) is 51.1 Å². The minimum Gasteiger partial charge on any atom is -0.378 e. The first-order chi connectivity index (χ1) is 32.2. The topological polar surface area (TPSA) is 172 Å². The van der Waals surface area contributed by atoms with Gasteiger partial charge in [-0.25, -0.2) is 46.2 Å². The van der Waals surface area contributed by atoms with E-state index >= 15 is 0 Å². The van der Waals surface area contributed by atoms with Gasteiger partial charge in [-0.3, -0.25) is 4.98 Å². The zero-order valence-electron chi connectivity index (χ0n) is 35.7. The minimum absolute atomic E-state index is 0.0362. The summed E-state index contributed by atoms with van der Waals surface area (Å²) in [7, 11) is -7.74. The molecule has 2 aliphatic heterocycles. The maximum atomic E-state index is 13.8.